The Kier molecular flexibility index (Phi) is 6.93. The number of ether oxygens (including phenoxy) is 2. The van der Waals surface area contributed by atoms with Crippen molar-refractivity contribution in [1.29, 1.82) is 0 Å². The molecule has 0 radical (unpaired) electrons. The number of ketones is 1. The Labute approximate surface area is 261 Å². The zero-order valence-corrected chi connectivity index (χ0v) is 27.1. The van der Waals surface area contributed by atoms with Crippen LogP contribution in [0, 0.1) is 11.3 Å². The van der Waals surface area contributed by atoms with Crippen LogP contribution >= 0.6 is 0 Å². The maximum atomic E-state index is 13.8. The standard InChI is InChI=1S/C39H47NO4/c1-24(2)12-13-25-14-15-31-28(20-25)29-21-27-16-19-39(42)30-22-32(41)35(36(3,4)43-23-26-10-8-7-9-11-26)44-33(30)17-18-37(39,5)38(27,6)34(29)40-31/h7-12,14-15,20,22,27,33,35,40,42H,13,16-19,21,23H2,1-6H3/t27-,33-,35-,37+,38+,39+/m0/s1. The highest BCUT2D eigenvalue weighted by Crippen LogP contribution is 2.69. The van der Waals surface area contributed by atoms with E-state index in [0.717, 1.165) is 43.2 Å². The maximum absolute atomic E-state index is 13.8. The van der Waals surface area contributed by atoms with E-state index in [4.69, 9.17) is 9.47 Å². The largest absolute Gasteiger partial charge is 0.385 e. The van der Waals surface area contributed by atoms with Gasteiger partial charge in [0, 0.05) is 27.4 Å². The Morgan fingerprint density at radius 1 is 1.09 bits per heavy atom. The minimum absolute atomic E-state index is 0.110. The van der Waals surface area contributed by atoms with E-state index in [0.29, 0.717) is 18.9 Å². The normalized spacial score (nSPS) is 32.8. The summed E-state index contributed by atoms with van der Waals surface area (Å²) in [4.78, 5) is 17.6. The molecule has 0 unspecified atom stereocenters. The molecule has 0 spiro atoms. The highest BCUT2D eigenvalue weighted by molar-refractivity contribution is 5.96. The fourth-order valence-electron chi connectivity index (χ4n) is 9.27. The van der Waals surface area contributed by atoms with E-state index in [9.17, 15) is 9.90 Å². The van der Waals surface area contributed by atoms with Gasteiger partial charge >= 0.3 is 0 Å². The van der Waals surface area contributed by atoms with Gasteiger partial charge in [-0.1, -0.05) is 61.9 Å². The van der Waals surface area contributed by atoms with Crippen LogP contribution in [0.1, 0.15) is 89.6 Å². The molecule has 2 saturated carbocycles. The summed E-state index contributed by atoms with van der Waals surface area (Å²) < 4.78 is 12.9. The predicted octanol–water partition coefficient (Wildman–Crippen LogP) is 7.69. The van der Waals surface area contributed by atoms with Gasteiger partial charge in [-0.2, -0.15) is 0 Å². The van der Waals surface area contributed by atoms with Gasteiger partial charge < -0.3 is 19.6 Å². The average Bonchev–Trinajstić information content (AvgIpc) is 3.50. The molecule has 2 N–H and O–H groups in total. The minimum Gasteiger partial charge on any atom is -0.385 e. The van der Waals surface area contributed by atoms with Gasteiger partial charge in [-0.3, -0.25) is 4.79 Å². The maximum Gasteiger partial charge on any atom is 0.187 e. The van der Waals surface area contributed by atoms with Gasteiger partial charge in [0.25, 0.3) is 0 Å². The van der Waals surface area contributed by atoms with E-state index in [1.165, 1.54) is 33.3 Å². The van der Waals surface area contributed by atoms with Gasteiger partial charge in [-0.15, -0.1) is 0 Å². The zero-order valence-electron chi connectivity index (χ0n) is 27.1. The minimum atomic E-state index is -1.12. The molecule has 3 aromatic rings. The number of aromatic nitrogens is 1. The number of rotatable bonds is 6. The molecule has 2 aromatic carbocycles. The molecule has 232 valence electrons. The van der Waals surface area contributed by atoms with Crippen LogP contribution in [0.25, 0.3) is 10.9 Å². The fourth-order valence-corrected chi connectivity index (χ4v) is 9.27. The molecule has 1 aromatic heterocycles. The lowest BCUT2D eigenvalue weighted by Gasteiger charge is -2.64. The molecule has 4 aliphatic rings. The number of fused-ring (bicyclic) bond motifs is 9. The highest BCUT2D eigenvalue weighted by Gasteiger charge is 2.70. The number of carbonyl (C=O) groups is 1. The van der Waals surface area contributed by atoms with Gasteiger partial charge in [0.2, 0.25) is 0 Å². The molecule has 7 rings (SSSR count). The summed E-state index contributed by atoms with van der Waals surface area (Å²) in [6, 6.07) is 16.8. The fraction of sp³-hybridized carbons (Fsp3) is 0.513. The van der Waals surface area contributed by atoms with Crippen LogP contribution < -0.4 is 0 Å². The van der Waals surface area contributed by atoms with Crippen molar-refractivity contribution in [2.24, 2.45) is 11.3 Å². The topological polar surface area (TPSA) is 71.5 Å². The summed E-state index contributed by atoms with van der Waals surface area (Å²) in [6.07, 6.45) is 8.14. The molecule has 0 amide bonds. The molecule has 2 heterocycles. The van der Waals surface area contributed by atoms with Crippen molar-refractivity contribution >= 4 is 16.7 Å². The third kappa shape index (κ3) is 4.26. The van der Waals surface area contributed by atoms with Crippen LogP contribution in [-0.2, 0) is 39.1 Å². The first-order chi connectivity index (χ1) is 20.9. The first kappa shape index (κ1) is 29.7. The first-order valence-corrected chi connectivity index (χ1v) is 16.5. The lowest BCUT2D eigenvalue weighted by molar-refractivity contribution is -0.202. The number of hydrogen-bond donors (Lipinski definition) is 2. The van der Waals surface area contributed by atoms with Crippen molar-refractivity contribution in [3.63, 3.8) is 0 Å². The van der Waals surface area contributed by atoms with Crippen molar-refractivity contribution in [2.75, 3.05) is 0 Å². The Balaban J connectivity index is 1.21. The number of allylic oxidation sites excluding steroid dienone is 2. The van der Waals surface area contributed by atoms with E-state index in [1.54, 1.807) is 6.08 Å². The molecular formula is C39H47NO4. The first-order valence-electron chi connectivity index (χ1n) is 16.5. The molecule has 1 aliphatic heterocycles. The van der Waals surface area contributed by atoms with Crippen molar-refractivity contribution in [1.82, 2.24) is 4.98 Å². The zero-order chi connectivity index (χ0) is 31.1. The van der Waals surface area contributed by atoms with Crippen molar-refractivity contribution in [3.8, 4) is 0 Å². The number of carbonyl (C=O) groups excluding carboxylic acids is 1. The number of aromatic amines is 1. The van der Waals surface area contributed by atoms with E-state index in [-0.39, 0.29) is 17.3 Å². The molecule has 0 bridgehead atoms. The molecule has 44 heavy (non-hydrogen) atoms. The van der Waals surface area contributed by atoms with Gasteiger partial charge in [0.05, 0.1) is 23.9 Å². The second-order valence-electron chi connectivity index (χ2n) is 15.1. The highest BCUT2D eigenvalue weighted by atomic mass is 16.6. The summed E-state index contributed by atoms with van der Waals surface area (Å²) in [7, 11) is 0. The van der Waals surface area contributed by atoms with Crippen molar-refractivity contribution < 1.29 is 19.4 Å². The second kappa shape index (κ2) is 10.3. The summed E-state index contributed by atoms with van der Waals surface area (Å²) in [5.41, 5.74) is 5.76. The summed E-state index contributed by atoms with van der Waals surface area (Å²) >= 11 is 0. The molecule has 0 saturated heterocycles. The summed E-state index contributed by atoms with van der Waals surface area (Å²) in [5, 5.41) is 14.2. The van der Waals surface area contributed by atoms with Crippen LogP contribution in [-0.4, -0.2) is 39.3 Å². The monoisotopic (exact) mass is 593 g/mol. The Hall–Kier alpha value is -2.99. The number of aliphatic hydroxyl groups is 1. The lowest BCUT2D eigenvalue weighted by atomic mass is 9.42. The van der Waals surface area contributed by atoms with Gasteiger partial charge in [-0.05, 0) is 113 Å². The van der Waals surface area contributed by atoms with Crippen LogP contribution in [0.5, 0.6) is 0 Å². The van der Waals surface area contributed by atoms with E-state index < -0.39 is 22.7 Å². The smallest absolute Gasteiger partial charge is 0.187 e. The van der Waals surface area contributed by atoms with Crippen molar-refractivity contribution in [2.45, 2.75) is 115 Å². The van der Waals surface area contributed by atoms with E-state index in [2.05, 4.69) is 57.0 Å². The van der Waals surface area contributed by atoms with E-state index in [1.807, 2.05) is 44.2 Å². The Bertz CT molecular complexity index is 1680. The van der Waals surface area contributed by atoms with Crippen LogP contribution in [0.3, 0.4) is 0 Å². The summed E-state index contributed by atoms with van der Waals surface area (Å²) in [5.74, 6) is 0.330. The quantitative estimate of drug-likeness (QED) is 0.288. The van der Waals surface area contributed by atoms with Gasteiger partial charge in [0.15, 0.2) is 5.78 Å². The number of hydrogen-bond acceptors (Lipinski definition) is 4. The number of benzene rings is 2. The van der Waals surface area contributed by atoms with Gasteiger partial charge in [-0.25, -0.2) is 0 Å². The molecule has 2 fully saturated rings. The number of nitrogens with one attached hydrogen (secondary N) is 1. The average molecular weight is 594 g/mol. The second-order valence-corrected chi connectivity index (χ2v) is 15.1. The van der Waals surface area contributed by atoms with Crippen molar-refractivity contribution in [3.05, 3.63) is 94.2 Å². The summed E-state index contributed by atoms with van der Waals surface area (Å²) in [6.45, 7) is 13.2. The van der Waals surface area contributed by atoms with Crippen LogP contribution in [0.4, 0.5) is 0 Å². The molecule has 5 nitrogen and oxygen atoms in total. The Morgan fingerprint density at radius 3 is 2.61 bits per heavy atom. The number of H-pyrrole nitrogens is 1. The SMILES string of the molecule is CC(C)=CCc1ccc2[nH]c3c(c2c1)C[C@@H]1CC[C@@]2(O)C4=CC(=O)[C@@H](C(C)(C)OCc5ccccc5)O[C@H]4CC[C@]2(C)[C@@]31C. The predicted molar refractivity (Wildman–Crippen MR) is 175 cm³/mol. The molecule has 6 atom stereocenters. The third-order valence-corrected chi connectivity index (χ3v) is 12.1. The molecular weight excluding hydrogens is 546 g/mol. The van der Waals surface area contributed by atoms with Gasteiger partial charge in [0.1, 0.15) is 6.10 Å². The van der Waals surface area contributed by atoms with Crippen LogP contribution in [0.15, 0.2) is 71.8 Å². The van der Waals surface area contributed by atoms with E-state index >= 15 is 0 Å². The van der Waals surface area contributed by atoms with Crippen LogP contribution in [0.2, 0.25) is 0 Å². The molecule has 5 heteroatoms. The third-order valence-electron chi connectivity index (χ3n) is 12.1. The Morgan fingerprint density at radius 2 is 1.86 bits per heavy atom. The lowest BCUT2D eigenvalue weighted by Crippen LogP contribution is -2.68. The molecule has 3 aliphatic carbocycles.